The Morgan fingerprint density at radius 1 is 1.56 bits per heavy atom. The van der Waals surface area contributed by atoms with E-state index in [0.717, 1.165) is 6.07 Å². The highest BCUT2D eigenvalue weighted by atomic mass is 19.1. The second kappa shape index (κ2) is 5.46. The molecule has 0 bridgehead atoms. The average Bonchev–Trinajstić information content (AvgIpc) is 2.21. The molecule has 5 heteroatoms. The SMILES string of the molecule is COCC(C)OC(=O)c1cc(F)ccc1N. The Morgan fingerprint density at radius 3 is 2.88 bits per heavy atom. The van der Waals surface area contributed by atoms with Gasteiger partial charge in [-0.15, -0.1) is 0 Å². The number of hydrogen-bond acceptors (Lipinski definition) is 4. The molecule has 0 radical (unpaired) electrons. The second-order valence-corrected chi connectivity index (χ2v) is 3.40. The largest absolute Gasteiger partial charge is 0.457 e. The van der Waals surface area contributed by atoms with Gasteiger partial charge in [0.25, 0.3) is 0 Å². The van der Waals surface area contributed by atoms with Crippen LogP contribution < -0.4 is 5.73 Å². The minimum Gasteiger partial charge on any atom is -0.457 e. The third kappa shape index (κ3) is 3.20. The van der Waals surface area contributed by atoms with Crippen LogP contribution in [0.1, 0.15) is 17.3 Å². The lowest BCUT2D eigenvalue weighted by Crippen LogP contribution is -2.20. The number of carbonyl (C=O) groups is 1. The van der Waals surface area contributed by atoms with Crippen LogP contribution in [0.3, 0.4) is 0 Å². The molecule has 4 nitrogen and oxygen atoms in total. The maximum absolute atomic E-state index is 12.9. The number of nitrogen functional groups attached to an aromatic ring is 1. The molecule has 0 aliphatic heterocycles. The van der Waals surface area contributed by atoms with Crippen LogP contribution in [0.5, 0.6) is 0 Å². The molecule has 0 spiro atoms. The molecule has 0 fully saturated rings. The molecule has 88 valence electrons. The van der Waals surface area contributed by atoms with Crippen molar-refractivity contribution in [2.75, 3.05) is 19.5 Å². The predicted molar refractivity (Wildman–Crippen MR) is 57.6 cm³/mol. The molecular formula is C11H14FNO3. The molecule has 2 N–H and O–H groups in total. The van der Waals surface area contributed by atoms with Crippen LogP contribution in [0.4, 0.5) is 10.1 Å². The average molecular weight is 227 g/mol. The summed E-state index contributed by atoms with van der Waals surface area (Å²) < 4.78 is 22.7. The van der Waals surface area contributed by atoms with Gasteiger partial charge in [-0.2, -0.15) is 0 Å². The minimum atomic E-state index is -0.651. The maximum Gasteiger partial charge on any atom is 0.340 e. The molecule has 1 aromatic rings. The van der Waals surface area contributed by atoms with Crippen LogP contribution in [0.15, 0.2) is 18.2 Å². The van der Waals surface area contributed by atoms with Gasteiger partial charge in [-0.3, -0.25) is 0 Å². The van der Waals surface area contributed by atoms with E-state index in [9.17, 15) is 9.18 Å². The fourth-order valence-electron chi connectivity index (χ4n) is 1.22. The summed E-state index contributed by atoms with van der Waals surface area (Å²) >= 11 is 0. The minimum absolute atomic E-state index is 0.0305. The molecule has 1 aromatic carbocycles. The number of halogens is 1. The molecular weight excluding hydrogens is 213 g/mol. The van der Waals surface area contributed by atoms with Gasteiger partial charge in [0.15, 0.2) is 0 Å². The maximum atomic E-state index is 12.9. The fourth-order valence-corrected chi connectivity index (χ4v) is 1.22. The first kappa shape index (κ1) is 12.4. The van der Waals surface area contributed by atoms with Gasteiger partial charge in [0, 0.05) is 12.8 Å². The van der Waals surface area contributed by atoms with Crippen molar-refractivity contribution < 1.29 is 18.7 Å². The molecule has 0 saturated heterocycles. The van der Waals surface area contributed by atoms with Crippen molar-refractivity contribution in [3.63, 3.8) is 0 Å². The van der Waals surface area contributed by atoms with Crippen molar-refractivity contribution in [2.45, 2.75) is 13.0 Å². The van der Waals surface area contributed by atoms with E-state index in [2.05, 4.69) is 0 Å². The highest BCUT2D eigenvalue weighted by Gasteiger charge is 2.15. The summed E-state index contributed by atoms with van der Waals surface area (Å²) in [5.74, 6) is -1.18. The second-order valence-electron chi connectivity index (χ2n) is 3.40. The lowest BCUT2D eigenvalue weighted by atomic mass is 10.2. The smallest absolute Gasteiger partial charge is 0.340 e. The molecule has 1 atom stereocenters. The van der Waals surface area contributed by atoms with Crippen molar-refractivity contribution in [2.24, 2.45) is 0 Å². The van der Waals surface area contributed by atoms with E-state index in [0.29, 0.717) is 0 Å². The predicted octanol–water partition coefficient (Wildman–Crippen LogP) is 1.60. The van der Waals surface area contributed by atoms with E-state index < -0.39 is 17.9 Å². The van der Waals surface area contributed by atoms with Gasteiger partial charge < -0.3 is 15.2 Å². The van der Waals surface area contributed by atoms with Crippen molar-refractivity contribution in [1.82, 2.24) is 0 Å². The Bertz CT molecular complexity index is 381. The Hall–Kier alpha value is -1.62. The Kier molecular flexibility index (Phi) is 4.25. The number of anilines is 1. The van der Waals surface area contributed by atoms with Crippen molar-refractivity contribution >= 4 is 11.7 Å². The number of carbonyl (C=O) groups excluding carboxylic acids is 1. The first-order chi connectivity index (χ1) is 7.54. The molecule has 0 saturated carbocycles. The summed E-state index contributed by atoms with van der Waals surface area (Å²) in [6, 6.07) is 3.56. The number of ether oxygens (including phenoxy) is 2. The van der Waals surface area contributed by atoms with E-state index in [4.69, 9.17) is 15.2 Å². The van der Waals surface area contributed by atoms with E-state index >= 15 is 0 Å². The van der Waals surface area contributed by atoms with Crippen LogP contribution >= 0.6 is 0 Å². The van der Waals surface area contributed by atoms with Crippen molar-refractivity contribution in [3.05, 3.63) is 29.6 Å². The van der Waals surface area contributed by atoms with Crippen LogP contribution in [0.25, 0.3) is 0 Å². The van der Waals surface area contributed by atoms with E-state index in [-0.39, 0.29) is 17.9 Å². The van der Waals surface area contributed by atoms with Gasteiger partial charge in [0.05, 0.1) is 12.2 Å². The highest BCUT2D eigenvalue weighted by Crippen LogP contribution is 2.15. The van der Waals surface area contributed by atoms with Crippen LogP contribution in [-0.4, -0.2) is 25.8 Å². The number of esters is 1. The Balaban J connectivity index is 2.76. The normalized spacial score (nSPS) is 12.2. The number of benzene rings is 1. The third-order valence-electron chi connectivity index (χ3n) is 1.94. The Labute approximate surface area is 93.2 Å². The zero-order valence-corrected chi connectivity index (χ0v) is 9.20. The van der Waals surface area contributed by atoms with E-state index in [1.807, 2.05) is 0 Å². The van der Waals surface area contributed by atoms with Gasteiger partial charge in [-0.05, 0) is 25.1 Å². The zero-order valence-electron chi connectivity index (χ0n) is 9.20. The first-order valence-electron chi connectivity index (χ1n) is 4.79. The van der Waals surface area contributed by atoms with Crippen molar-refractivity contribution in [1.29, 1.82) is 0 Å². The molecule has 1 rings (SSSR count). The summed E-state index contributed by atoms with van der Waals surface area (Å²) in [6.45, 7) is 1.96. The molecule has 0 heterocycles. The monoisotopic (exact) mass is 227 g/mol. The number of hydrogen-bond donors (Lipinski definition) is 1. The zero-order chi connectivity index (χ0) is 12.1. The van der Waals surface area contributed by atoms with Gasteiger partial charge in [-0.1, -0.05) is 0 Å². The number of nitrogens with two attached hydrogens (primary N) is 1. The van der Waals surface area contributed by atoms with Crippen molar-refractivity contribution in [3.8, 4) is 0 Å². The van der Waals surface area contributed by atoms with Gasteiger partial charge in [0.1, 0.15) is 11.9 Å². The summed E-state index contributed by atoms with van der Waals surface area (Å²) in [5.41, 5.74) is 5.76. The summed E-state index contributed by atoms with van der Waals surface area (Å²) in [6.07, 6.45) is -0.403. The summed E-state index contributed by atoms with van der Waals surface area (Å²) in [4.78, 5) is 11.6. The quantitative estimate of drug-likeness (QED) is 0.627. The van der Waals surface area contributed by atoms with Crippen LogP contribution in [0, 0.1) is 5.82 Å². The topological polar surface area (TPSA) is 61.5 Å². The van der Waals surface area contributed by atoms with Crippen LogP contribution in [0.2, 0.25) is 0 Å². The third-order valence-corrected chi connectivity index (χ3v) is 1.94. The molecule has 0 amide bonds. The molecule has 1 unspecified atom stereocenters. The number of methoxy groups -OCH3 is 1. The van der Waals surface area contributed by atoms with E-state index in [1.165, 1.54) is 19.2 Å². The summed E-state index contributed by atoms with van der Waals surface area (Å²) in [7, 11) is 1.50. The Morgan fingerprint density at radius 2 is 2.25 bits per heavy atom. The van der Waals surface area contributed by atoms with Gasteiger partial charge in [-0.25, -0.2) is 9.18 Å². The fraction of sp³-hybridized carbons (Fsp3) is 0.364. The lowest BCUT2D eigenvalue weighted by Gasteiger charge is -2.12. The first-order valence-corrected chi connectivity index (χ1v) is 4.79. The van der Waals surface area contributed by atoms with Gasteiger partial charge in [0.2, 0.25) is 0 Å². The van der Waals surface area contributed by atoms with E-state index in [1.54, 1.807) is 6.92 Å². The molecule has 0 aromatic heterocycles. The molecule has 0 aliphatic carbocycles. The van der Waals surface area contributed by atoms with Crippen LogP contribution in [-0.2, 0) is 9.47 Å². The standard InChI is InChI=1S/C11H14FNO3/c1-7(6-15-2)16-11(14)9-5-8(12)3-4-10(9)13/h3-5,7H,6,13H2,1-2H3. The molecule has 0 aliphatic rings. The highest BCUT2D eigenvalue weighted by molar-refractivity contribution is 5.95. The lowest BCUT2D eigenvalue weighted by molar-refractivity contribution is 0.0121. The number of rotatable bonds is 4. The summed E-state index contributed by atoms with van der Waals surface area (Å²) in [5, 5.41) is 0. The van der Waals surface area contributed by atoms with Gasteiger partial charge >= 0.3 is 5.97 Å². The molecule has 16 heavy (non-hydrogen) atoms.